The zero-order valence-corrected chi connectivity index (χ0v) is 45.3. The summed E-state index contributed by atoms with van der Waals surface area (Å²) in [5.74, 6) is 6.13. The van der Waals surface area contributed by atoms with Gasteiger partial charge < -0.3 is 8.98 Å². The molecule has 0 amide bonds. The summed E-state index contributed by atoms with van der Waals surface area (Å²) in [4.78, 5) is 13.9. The normalized spacial score (nSPS) is 12.4. The first kappa shape index (κ1) is 44.8. The van der Waals surface area contributed by atoms with E-state index >= 15 is 4.39 Å². The summed E-state index contributed by atoms with van der Waals surface area (Å²) < 4.78 is 63.3. The summed E-state index contributed by atoms with van der Waals surface area (Å²) in [5.41, 5.74) is 13.8. The summed E-state index contributed by atoms with van der Waals surface area (Å²) in [6.07, 6.45) is 4.93. The van der Waals surface area contributed by atoms with E-state index in [0.29, 0.717) is 44.6 Å². The Balaban J connectivity index is 0.000000196. The van der Waals surface area contributed by atoms with E-state index in [-0.39, 0.29) is 31.2 Å². The smallest absolute Gasteiger partial charge is 0 e. The Morgan fingerprint density at radius 3 is 1.94 bits per heavy atom. The Labute approximate surface area is 438 Å². The fraction of sp³-hybridized carbons (Fsp3) is 0.127. The fourth-order valence-electron chi connectivity index (χ4n) is 10.1. The summed E-state index contributed by atoms with van der Waals surface area (Å²) in [7, 11) is 0. The van der Waals surface area contributed by atoms with Crippen LogP contribution in [-0.4, -0.2) is 32.8 Å². The van der Waals surface area contributed by atoms with Gasteiger partial charge in [-0.25, -0.2) is 0 Å². The molecular weight excluding hydrogens is 1130 g/mol. The molecule has 9 heteroatoms. The van der Waals surface area contributed by atoms with Crippen molar-refractivity contribution in [3.05, 3.63) is 210 Å². The van der Waals surface area contributed by atoms with Gasteiger partial charge in [0.05, 0.1) is 22.4 Å². The van der Waals surface area contributed by atoms with Crippen LogP contribution in [0.15, 0.2) is 163 Å². The van der Waals surface area contributed by atoms with E-state index in [9.17, 15) is 4.39 Å². The molecule has 5 nitrogen and oxygen atoms in total. The number of benzene rings is 8. The van der Waals surface area contributed by atoms with Crippen molar-refractivity contribution in [2.75, 3.05) is 0 Å². The van der Waals surface area contributed by atoms with Crippen LogP contribution in [0.3, 0.4) is 0 Å². The Bertz CT molecular complexity index is 4170. The van der Waals surface area contributed by atoms with Crippen LogP contribution in [0.4, 0.5) is 8.78 Å². The molecule has 0 N–H and O–H groups in total. The second-order valence-corrected chi connectivity index (χ2v) is 29.9. The maximum atomic E-state index is 15.5. The van der Waals surface area contributed by atoms with Crippen molar-refractivity contribution >= 4 is 72.2 Å². The van der Waals surface area contributed by atoms with Crippen molar-refractivity contribution < 1.29 is 37.4 Å². The van der Waals surface area contributed by atoms with Gasteiger partial charge in [-0.1, -0.05) is 60.2 Å². The largest absolute Gasteiger partial charge is 0 e. The number of hydrogen-bond donors (Lipinski definition) is 0. The molecule has 8 aromatic carbocycles. The van der Waals surface area contributed by atoms with E-state index < -0.39 is 31.8 Å². The van der Waals surface area contributed by atoms with E-state index in [1.165, 1.54) is 45.5 Å². The zero-order valence-electron chi connectivity index (χ0n) is 43.8. The molecule has 0 atom stereocenters. The Kier molecular flexibility index (Phi) is 11.9. The van der Waals surface area contributed by atoms with Gasteiger partial charge in [0.25, 0.3) is 0 Å². The minimum absolute atomic E-state index is 0. The van der Waals surface area contributed by atoms with E-state index in [2.05, 4.69) is 144 Å². The van der Waals surface area contributed by atoms with Gasteiger partial charge in [-0.3, -0.25) is 14.4 Å². The Hall–Kier alpha value is -7.10. The number of furan rings is 1. The fourth-order valence-corrected chi connectivity index (χ4v) is 12.8. The van der Waals surface area contributed by atoms with Gasteiger partial charge in [0.2, 0.25) is 0 Å². The molecule has 357 valence electrons. The maximum absolute atomic E-state index is 15.5. The number of pyridine rings is 2. The molecular formula is C63H50F2GeIrN4O-2. The number of imidazole rings is 1. The average Bonchev–Trinajstić information content (AvgIpc) is 3.98. The van der Waals surface area contributed by atoms with Crippen molar-refractivity contribution in [3.8, 4) is 50.6 Å². The second-order valence-electron chi connectivity index (χ2n) is 19.3. The maximum Gasteiger partial charge on any atom is 0 e. The molecule has 0 aliphatic carbocycles. The molecule has 72 heavy (non-hydrogen) atoms. The van der Waals surface area contributed by atoms with Gasteiger partial charge in [0.15, 0.2) is 0 Å². The van der Waals surface area contributed by atoms with Crippen LogP contribution in [0.2, 0.25) is 17.3 Å². The zero-order chi connectivity index (χ0) is 51.8. The number of rotatable bonds is 6. The van der Waals surface area contributed by atoms with Crippen LogP contribution in [0, 0.1) is 58.3 Å². The summed E-state index contributed by atoms with van der Waals surface area (Å²) >= 11 is -2.44. The number of fused-ring (bicyclic) bond motifs is 7. The van der Waals surface area contributed by atoms with E-state index in [1.54, 1.807) is 30.7 Å². The van der Waals surface area contributed by atoms with Crippen molar-refractivity contribution in [3.63, 3.8) is 0 Å². The van der Waals surface area contributed by atoms with Gasteiger partial charge >= 0.3 is 150 Å². The molecule has 0 spiro atoms. The van der Waals surface area contributed by atoms with Crippen LogP contribution >= 0.6 is 0 Å². The number of hydrogen-bond acceptors (Lipinski definition) is 4. The van der Waals surface area contributed by atoms with Crippen molar-refractivity contribution in [2.24, 2.45) is 0 Å². The first-order valence-electron chi connectivity index (χ1n) is 25.1. The van der Waals surface area contributed by atoms with Crippen LogP contribution in [0.25, 0.3) is 105 Å². The van der Waals surface area contributed by atoms with Gasteiger partial charge in [0.1, 0.15) is 5.58 Å². The third kappa shape index (κ3) is 8.55. The third-order valence-electron chi connectivity index (χ3n) is 13.7. The molecule has 1 radical (unpaired) electrons. The molecule has 12 rings (SSSR count). The van der Waals surface area contributed by atoms with Crippen LogP contribution in [0.5, 0.6) is 0 Å². The predicted octanol–water partition coefficient (Wildman–Crippen LogP) is 16.3. The van der Waals surface area contributed by atoms with E-state index in [4.69, 9.17) is 13.5 Å². The predicted molar refractivity (Wildman–Crippen MR) is 291 cm³/mol. The molecule has 0 saturated carbocycles. The first-order chi connectivity index (χ1) is 35.5. The van der Waals surface area contributed by atoms with Gasteiger partial charge in [-0.15, -0.1) is 12.1 Å². The summed E-state index contributed by atoms with van der Waals surface area (Å²) in [6.45, 7) is 6.42. The Morgan fingerprint density at radius 1 is 0.611 bits per heavy atom. The van der Waals surface area contributed by atoms with E-state index in [1.807, 2.05) is 36.4 Å². The van der Waals surface area contributed by atoms with Gasteiger partial charge in [0, 0.05) is 49.4 Å². The third-order valence-corrected chi connectivity index (χ3v) is 17.9. The van der Waals surface area contributed by atoms with Gasteiger partial charge in [-0.2, -0.15) is 0 Å². The van der Waals surface area contributed by atoms with Crippen molar-refractivity contribution in [1.29, 1.82) is 0 Å². The topological polar surface area (TPSA) is 56.7 Å². The number of aryl methyl sites for hydroxylation is 5. The molecule has 0 aliphatic rings. The van der Waals surface area contributed by atoms with Crippen molar-refractivity contribution in [1.82, 2.24) is 19.5 Å². The van der Waals surface area contributed by atoms with Gasteiger partial charge in [-0.05, 0) is 118 Å². The quantitative estimate of drug-likeness (QED) is 0.0946. The molecule has 0 saturated heterocycles. The summed E-state index contributed by atoms with van der Waals surface area (Å²) in [6, 6.07) is 51.4. The van der Waals surface area contributed by atoms with Crippen LogP contribution in [-0.2, 0) is 20.1 Å². The minimum Gasteiger partial charge on any atom is 0 e. The average molecular weight is 1180 g/mol. The molecule has 12 aromatic rings. The molecule has 0 aliphatic heterocycles. The molecule has 0 unspecified atom stereocenters. The minimum atomic E-state index is -2.44. The summed E-state index contributed by atoms with van der Waals surface area (Å²) in [5, 5.41) is 5.79. The second kappa shape index (κ2) is 19.2. The molecule has 0 fully saturated rings. The Morgan fingerprint density at radius 2 is 1.26 bits per heavy atom. The monoisotopic (exact) mass is 1190 g/mol. The van der Waals surface area contributed by atoms with E-state index in [0.717, 1.165) is 54.3 Å². The molecule has 0 bridgehead atoms. The van der Waals surface area contributed by atoms with Crippen molar-refractivity contribution in [2.45, 2.75) is 51.8 Å². The molecule has 4 aromatic heterocycles. The first-order valence-corrected chi connectivity index (χ1v) is 31.0. The standard InChI is InChI=1S/C42H29FN3O.C21H21FGeN.Ir/c1-23-18-28(27-10-6-5-7-11-27)19-24(2)40(23)46-37-21-32-26(4)25(3)29-12-8-9-13-30(29)33(32)20-36(37)45-42(46)31-14-15-35(43)39-34-22-44-17-16-38(34)47-41(31)39;1-15-12-21(24-14-20(15)23(2,3)4)18-11-10-17(13-19(18)22)16-8-6-5-7-9-16;/h5-13,15-22H,1-4H3;5-10,12-14H,1-4H3;/q2*-1;/i;1D3;. The van der Waals surface area contributed by atoms with Crippen LogP contribution in [0.1, 0.15) is 31.9 Å². The number of halogens is 2. The number of aromatic nitrogens is 4. The van der Waals surface area contributed by atoms with Crippen LogP contribution < -0.4 is 4.40 Å². The number of nitrogens with zero attached hydrogens (tertiary/aromatic N) is 4. The SMILES string of the molecule is Cc1cc(-c2ccccc2)cc(C)c1-n1c(-c2[c-]cc(F)c3c2oc2ccncc23)nc2cc3c(cc21)c(C)c(C)c1ccccc13.[2H]C([2H])([2H])c1cc(-c2[c-]cc(-c3ccccc3)cc2F)nc[c]1[Ge]([CH3])([CH3])[CH3].[Ir]. The molecule has 4 heterocycles.